The molecule has 5 aromatic carbocycles. The first-order valence-electron chi connectivity index (χ1n) is 12.9. The number of nitrogens with zero attached hydrogens (tertiary/aromatic N) is 2. The second-order valence-corrected chi connectivity index (χ2v) is 9.53. The highest BCUT2D eigenvalue weighted by molar-refractivity contribution is 5.98. The first-order valence-corrected chi connectivity index (χ1v) is 12.9. The van der Waals surface area contributed by atoms with Gasteiger partial charge < -0.3 is 10.5 Å². The van der Waals surface area contributed by atoms with Gasteiger partial charge in [-0.2, -0.15) is 5.10 Å². The van der Waals surface area contributed by atoms with Gasteiger partial charge in [0.1, 0.15) is 17.1 Å². The molecule has 0 aliphatic heterocycles. The summed E-state index contributed by atoms with van der Waals surface area (Å²) in [6, 6.07) is 40.7. The van der Waals surface area contributed by atoms with E-state index in [-0.39, 0.29) is 5.56 Å². The van der Waals surface area contributed by atoms with Gasteiger partial charge in [-0.1, -0.05) is 91.0 Å². The third-order valence-electron chi connectivity index (χ3n) is 7.24. The van der Waals surface area contributed by atoms with E-state index in [4.69, 9.17) is 15.6 Å². The Morgan fingerprint density at radius 2 is 1.32 bits per heavy atom. The maximum atomic E-state index is 14.6. The van der Waals surface area contributed by atoms with E-state index in [1.165, 1.54) is 19.2 Å². The highest BCUT2D eigenvalue weighted by Gasteiger charge is 2.41. The topological polar surface area (TPSA) is 70.1 Å². The van der Waals surface area contributed by atoms with Gasteiger partial charge in [-0.3, -0.25) is 0 Å². The molecule has 6 heteroatoms. The number of nitrogens with two attached hydrogens (primary N) is 1. The van der Waals surface area contributed by atoms with Gasteiger partial charge in [0, 0.05) is 16.6 Å². The molecule has 196 valence electrons. The van der Waals surface area contributed by atoms with Crippen LogP contribution in [0.4, 0.5) is 10.1 Å². The Bertz CT molecular complexity index is 1720. The van der Waals surface area contributed by atoms with E-state index >= 15 is 0 Å². The smallest absolute Gasteiger partial charge is 0.340 e. The number of carbonyl (C=O) groups excluding carboxylic acids is 1. The van der Waals surface area contributed by atoms with Crippen molar-refractivity contribution in [1.82, 2.24) is 9.78 Å². The summed E-state index contributed by atoms with van der Waals surface area (Å²) in [5, 5.41) is 6.02. The fourth-order valence-corrected chi connectivity index (χ4v) is 5.45. The molecule has 0 amide bonds. The second-order valence-electron chi connectivity index (χ2n) is 9.53. The van der Waals surface area contributed by atoms with Crippen LogP contribution in [0, 0.1) is 5.82 Å². The van der Waals surface area contributed by atoms with Crippen LogP contribution < -0.4 is 5.73 Å². The van der Waals surface area contributed by atoms with E-state index < -0.39 is 17.3 Å². The van der Waals surface area contributed by atoms with Gasteiger partial charge in [0.15, 0.2) is 0 Å². The predicted octanol–water partition coefficient (Wildman–Crippen LogP) is 7.05. The molecule has 0 aliphatic rings. The summed E-state index contributed by atoms with van der Waals surface area (Å²) in [6.45, 7) is 0. The average Bonchev–Trinajstić information content (AvgIpc) is 3.38. The van der Waals surface area contributed by atoms with Crippen molar-refractivity contribution in [2.75, 3.05) is 12.8 Å². The molecule has 2 N–H and O–H groups in total. The lowest BCUT2D eigenvalue weighted by atomic mass is 9.77. The van der Waals surface area contributed by atoms with Gasteiger partial charge in [-0.15, -0.1) is 0 Å². The molecule has 0 saturated heterocycles. The van der Waals surface area contributed by atoms with E-state index in [9.17, 15) is 9.18 Å². The Labute approximate surface area is 231 Å². The summed E-state index contributed by atoms with van der Waals surface area (Å²) >= 11 is 0. The van der Waals surface area contributed by atoms with Crippen LogP contribution in [0.15, 0.2) is 127 Å². The molecule has 0 unspecified atom stereocenters. The maximum absolute atomic E-state index is 14.6. The number of carbonyl (C=O) groups is 1. The second kappa shape index (κ2) is 10.2. The monoisotopic (exact) mass is 527 g/mol. The molecule has 0 radical (unpaired) electrons. The number of halogens is 1. The van der Waals surface area contributed by atoms with Crippen LogP contribution in [0.3, 0.4) is 0 Å². The number of ether oxygens (including phenoxy) is 1. The molecule has 1 aromatic heterocycles. The Morgan fingerprint density at radius 3 is 1.85 bits per heavy atom. The van der Waals surface area contributed by atoms with Gasteiger partial charge in [0.05, 0.1) is 18.2 Å². The molecule has 0 saturated carbocycles. The summed E-state index contributed by atoms with van der Waals surface area (Å²) in [4.78, 5) is 12.3. The fraction of sp³-hybridized carbons (Fsp3) is 0.0588. The van der Waals surface area contributed by atoms with Crippen molar-refractivity contribution in [3.05, 3.63) is 155 Å². The largest absolute Gasteiger partial charge is 0.465 e. The van der Waals surface area contributed by atoms with Gasteiger partial charge >= 0.3 is 5.97 Å². The van der Waals surface area contributed by atoms with E-state index in [0.29, 0.717) is 16.9 Å². The lowest BCUT2D eigenvalue weighted by Crippen LogP contribution is -2.38. The van der Waals surface area contributed by atoms with E-state index in [2.05, 4.69) is 36.4 Å². The van der Waals surface area contributed by atoms with Crippen molar-refractivity contribution < 1.29 is 13.9 Å². The highest BCUT2D eigenvalue weighted by Crippen LogP contribution is 2.44. The number of benzene rings is 5. The van der Waals surface area contributed by atoms with Crippen LogP contribution >= 0.6 is 0 Å². The molecule has 0 atom stereocenters. The normalized spacial score (nSPS) is 11.4. The van der Waals surface area contributed by atoms with Crippen molar-refractivity contribution in [1.29, 1.82) is 0 Å². The van der Waals surface area contributed by atoms with Crippen LogP contribution in [0.2, 0.25) is 0 Å². The van der Waals surface area contributed by atoms with Crippen LogP contribution in [0.1, 0.15) is 27.0 Å². The molecule has 40 heavy (non-hydrogen) atoms. The van der Waals surface area contributed by atoms with Crippen molar-refractivity contribution in [2.45, 2.75) is 5.54 Å². The number of hydrogen-bond donors (Lipinski definition) is 1. The van der Waals surface area contributed by atoms with Crippen molar-refractivity contribution in [3.63, 3.8) is 0 Å². The van der Waals surface area contributed by atoms with Gasteiger partial charge in [0.2, 0.25) is 0 Å². The molecule has 0 fully saturated rings. The summed E-state index contributed by atoms with van der Waals surface area (Å²) in [6.07, 6.45) is 0. The third kappa shape index (κ3) is 4.01. The molecule has 0 spiro atoms. The van der Waals surface area contributed by atoms with E-state index in [0.717, 1.165) is 27.6 Å². The van der Waals surface area contributed by atoms with Gasteiger partial charge in [0.25, 0.3) is 0 Å². The quantitative estimate of drug-likeness (QED) is 0.143. The van der Waals surface area contributed by atoms with Crippen molar-refractivity contribution in [2.24, 2.45) is 0 Å². The Balaban J connectivity index is 1.76. The third-order valence-corrected chi connectivity index (χ3v) is 7.24. The highest BCUT2D eigenvalue weighted by atomic mass is 19.1. The molecular weight excluding hydrogens is 501 g/mol. The number of rotatable bonds is 6. The summed E-state index contributed by atoms with van der Waals surface area (Å²) in [5.74, 6) is -1.42. The Morgan fingerprint density at radius 1 is 0.775 bits per heavy atom. The fourth-order valence-electron chi connectivity index (χ4n) is 5.45. The molecule has 6 rings (SSSR count). The number of nitrogen functional groups attached to an aromatic ring is 1. The first kappa shape index (κ1) is 25.1. The number of fused-ring (bicyclic) bond motifs is 1. The van der Waals surface area contributed by atoms with Crippen LogP contribution in [0.25, 0.3) is 22.2 Å². The minimum absolute atomic E-state index is 0.160. The summed E-state index contributed by atoms with van der Waals surface area (Å²) in [5.41, 5.74) is 10.8. The number of esters is 1. The Kier molecular flexibility index (Phi) is 6.36. The van der Waals surface area contributed by atoms with Crippen LogP contribution in [-0.4, -0.2) is 22.9 Å². The zero-order chi connectivity index (χ0) is 27.7. The molecule has 1 heterocycles. The zero-order valence-electron chi connectivity index (χ0n) is 21.8. The average molecular weight is 528 g/mol. The molecule has 0 aliphatic carbocycles. The van der Waals surface area contributed by atoms with Crippen molar-refractivity contribution >= 4 is 22.6 Å². The lowest BCUT2D eigenvalue weighted by Gasteiger charge is -2.37. The number of anilines is 1. The molecule has 5 nitrogen and oxygen atoms in total. The van der Waals surface area contributed by atoms with E-state index in [1.807, 2.05) is 77.5 Å². The van der Waals surface area contributed by atoms with E-state index in [1.54, 1.807) is 6.07 Å². The van der Waals surface area contributed by atoms with Crippen molar-refractivity contribution in [3.8, 4) is 11.3 Å². The minimum Gasteiger partial charge on any atom is -0.465 e. The summed E-state index contributed by atoms with van der Waals surface area (Å²) in [7, 11) is 1.23. The lowest BCUT2D eigenvalue weighted by molar-refractivity contribution is 0.0595. The SMILES string of the molecule is COC(=O)c1cc(-c2nn(C(c3ccccc3)(c3ccccc3)c3ccccc3)c3ccc(N)cc23)ccc1F. The predicted molar refractivity (Wildman–Crippen MR) is 155 cm³/mol. The number of hydrogen-bond acceptors (Lipinski definition) is 4. The van der Waals surface area contributed by atoms with Gasteiger partial charge in [-0.25, -0.2) is 13.9 Å². The minimum atomic E-state index is -0.873. The standard InChI is InChI=1S/C34H26FN3O2/c1-40-33(39)28-21-23(17-19-30(28)35)32-29-22-27(36)18-20-31(29)38(37-32)34(24-11-5-2-6-12-24,25-13-7-3-8-14-25)26-15-9-4-10-16-26/h2-22H,36H2,1H3. The molecule has 0 bridgehead atoms. The zero-order valence-corrected chi connectivity index (χ0v) is 21.8. The maximum Gasteiger partial charge on any atom is 0.340 e. The Hall–Kier alpha value is -5.23. The van der Waals surface area contributed by atoms with Gasteiger partial charge in [-0.05, 0) is 53.1 Å². The van der Waals surface area contributed by atoms with Crippen LogP contribution in [-0.2, 0) is 10.3 Å². The van der Waals surface area contributed by atoms with Crippen LogP contribution in [0.5, 0.6) is 0 Å². The summed E-state index contributed by atoms with van der Waals surface area (Å²) < 4.78 is 21.4. The molecular formula is C34H26FN3O2. The first-order chi connectivity index (χ1) is 19.5. The number of aromatic nitrogens is 2. The number of methoxy groups -OCH3 is 1. The molecule has 6 aromatic rings.